The van der Waals surface area contributed by atoms with Crippen molar-refractivity contribution in [2.45, 2.75) is 25.8 Å². The summed E-state index contributed by atoms with van der Waals surface area (Å²) in [6.45, 7) is 3.02. The van der Waals surface area contributed by atoms with Gasteiger partial charge < -0.3 is 15.5 Å². The van der Waals surface area contributed by atoms with Crippen LogP contribution in [-0.2, 0) is 4.79 Å². The third-order valence-corrected chi connectivity index (χ3v) is 5.05. The number of nitrogens with one attached hydrogen (secondary N) is 2. The van der Waals surface area contributed by atoms with E-state index in [9.17, 15) is 9.59 Å². The topological polar surface area (TPSA) is 61.4 Å². The molecule has 2 aromatic carbocycles. The van der Waals surface area contributed by atoms with E-state index >= 15 is 0 Å². The zero-order valence-corrected chi connectivity index (χ0v) is 16.1. The van der Waals surface area contributed by atoms with Crippen LogP contribution in [0, 0.1) is 5.92 Å². The Labute approximate surface area is 164 Å². The first kappa shape index (κ1) is 19.2. The predicted octanol–water partition coefficient (Wildman–Crippen LogP) is 4.46. The van der Waals surface area contributed by atoms with Crippen molar-refractivity contribution in [2.75, 3.05) is 18.4 Å². The highest BCUT2D eigenvalue weighted by atomic mass is 35.5. The standard InChI is InChI=1S/C21H24ClN3O2/c1-15(16-7-5-9-18(22)13-16)23-20(26)17-8-6-12-25(14-17)21(27)24-19-10-3-2-4-11-19/h2-5,7,9-11,13,15,17H,6,8,12,14H2,1H3,(H,23,26)(H,24,27)/t15-,17+/m1/s1. The van der Waals surface area contributed by atoms with Crippen LogP contribution in [0.25, 0.3) is 0 Å². The van der Waals surface area contributed by atoms with Crippen molar-refractivity contribution in [1.29, 1.82) is 0 Å². The summed E-state index contributed by atoms with van der Waals surface area (Å²) in [6, 6.07) is 16.5. The number of piperidine rings is 1. The molecule has 0 saturated carbocycles. The lowest BCUT2D eigenvalue weighted by Crippen LogP contribution is -2.47. The number of anilines is 1. The molecule has 0 unspecified atom stereocenters. The summed E-state index contributed by atoms with van der Waals surface area (Å²) in [6.07, 6.45) is 1.59. The number of hydrogen-bond acceptors (Lipinski definition) is 2. The van der Waals surface area contributed by atoms with Gasteiger partial charge in [-0.1, -0.05) is 41.9 Å². The van der Waals surface area contributed by atoms with E-state index in [2.05, 4.69) is 10.6 Å². The van der Waals surface area contributed by atoms with Gasteiger partial charge in [-0.15, -0.1) is 0 Å². The third kappa shape index (κ3) is 5.23. The predicted molar refractivity (Wildman–Crippen MR) is 108 cm³/mol. The molecule has 27 heavy (non-hydrogen) atoms. The summed E-state index contributed by atoms with van der Waals surface area (Å²) in [5, 5.41) is 6.58. The van der Waals surface area contributed by atoms with Crippen LogP contribution < -0.4 is 10.6 Å². The van der Waals surface area contributed by atoms with Crippen molar-refractivity contribution in [3.05, 3.63) is 65.2 Å². The number of carbonyl (C=O) groups excluding carboxylic acids is 2. The van der Waals surface area contributed by atoms with E-state index in [1.54, 1.807) is 4.90 Å². The molecule has 1 fully saturated rings. The molecule has 1 aliphatic heterocycles. The van der Waals surface area contributed by atoms with E-state index in [0.29, 0.717) is 18.1 Å². The summed E-state index contributed by atoms with van der Waals surface area (Å²) >= 11 is 6.03. The molecule has 1 aliphatic rings. The number of nitrogens with zero attached hydrogens (tertiary/aromatic N) is 1. The second-order valence-corrected chi connectivity index (χ2v) is 7.30. The molecule has 0 radical (unpaired) electrons. The minimum absolute atomic E-state index is 0.0281. The number of rotatable bonds is 4. The first-order valence-electron chi connectivity index (χ1n) is 9.20. The van der Waals surface area contributed by atoms with Gasteiger partial charge in [0.15, 0.2) is 0 Å². The molecule has 0 aliphatic carbocycles. The van der Waals surface area contributed by atoms with Crippen molar-refractivity contribution in [3.63, 3.8) is 0 Å². The normalized spacial score (nSPS) is 17.9. The summed E-state index contributed by atoms with van der Waals surface area (Å²) in [5.41, 5.74) is 1.72. The molecule has 2 aromatic rings. The van der Waals surface area contributed by atoms with Crippen LogP contribution in [0.15, 0.2) is 54.6 Å². The van der Waals surface area contributed by atoms with Crippen LogP contribution in [0.4, 0.5) is 10.5 Å². The third-order valence-electron chi connectivity index (χ3n) is 4.81. The number of amides is 3. The minimum atomic E-state index is -0.207. The zero-order valence-electron chi connectivity index (χ0n) is 15.3. The number of carbonyl (C=O) groups is 2. The van der Waals surface area contributed by atoms with Crippen LogP contribution in [0.1, 0.15) is 31.4 Å². The molecule has 1 heterocycles. The van der Waals surface area contributed by atoms with E-state index in [4.69, 9.17) is 11.6 Å². The van der Waals surface area contributed by atoms with Crippen molar-refractivity contribution in [3.8, 4) is 0 Å². The quantitative estimate of drug-likeness (QED) is 0.816. The number of benzene rings is 2. The highest BCUT2D eigenvalue weighted by Gasteiger charge is 2.29. The van der Waals surface area contributed by atoms with Crippen molar-refractivity contribution in [1.82, 2.24) is 10.2 Å². The largest absolute Gasteiger partial charge is 0.349 e. The monoisotopic (exact) mass is 385 g/mol. The van der Waals surface area contributed by atoms with E-state index in [-0.39, 0.29) is 23.9 Å². The van der Waals surface area contributed by atoms with Gasteiger partial charge in [-0.2, -0.15) is 0 Å². The molecule has 0 spiro atoms. The van der Waals surface area contributed by atoms with Gasteiger partial charge >= 0.3 is 6.03 Å². The van der Waals surface area contributed by atoms with Gasteiger partial charge in [0.2, 0.25) is 5.91 Å². The molecular weight excluding hydrogens is 362 g/mol. The summed E-state index contributed by atoms with van der Waals surface area (Å²) < 4.78 is 0. The molecule has 0 bridgehead atoms. The van der Waals surface area contributed by atoms with Gasteiger partial charge in [-0.25, -0.2) is 4.79 Å². The highest BCUT2D eigenvalue weighted by Crippen LogP contribution is 2.21. The van der Waals surface area contributed by atoms with Crippen LogP contribution >= 0.6 is 11.6 Å². The maximum absolute atomic E-state index is 12.7. The highest BCUT2D eigenvalue weighted by molar-refractivity contribution is 6.30. The second kappa shape index (κ2) is 8.91. The molecular formula is C21H24ClN3O2. The average molecular weight is 386 g/mol. The lowest BCUT2D eigenvalue weighted by atomic mass is 9.96. The molecule has 6 heteroatoms. The fourth-order valence-corrected chi connectivity index (χ4v) is 3.49. The average Bonchev–Trinajstić information content (AvgIpc) is 2.68. The molecule has 142 valence electrons. The SMILES string of the molecule is C[C@@H](NC(=O)[C@H]1CCCN(C(=O)Nc2ccccc2)C1)c1cccc(Cl)c1. The van der Waals surface area contributed by atoms with Gasteiger partial charge in [0.1, 0.15) is 0 Å². The van der Waals surface area contributed by atoms with Crippen molar-refractivity contribution >= 4 is 29.2 Å². The van der Waals surface area contributed by atoms with Crippen LogP contribution in [0.2, 0.25) is 5.02 Å². The van der Waals surface area contributed by atoms with Gasteiger partial charge in [-0.05, 0) is 49.6 Å². The number of urea groups is 1. The molecule has 0 aromatic heterocycles. The van der Waals surface area contributed by atoms with Crippen molar-refractivity contribution < 1.29 is 9.59 Å². The van der Waals surface area contributed by atoms with E-state index in [0.717, 1.165) is 24.1 Å². The van der Waals surface area contributed by atoms with E-state index in [1.807, 2.05) is 61.5 Å². The summed E-state index contributed by atoms with van der Waals surface area (Å²) in [5.74, 6) is -0.235. The number of hydrogen-bond donors (Lipinski definition) is 2. The Morgan fingerprint density at radius 1 is 1.15 bits per heavy atom. The lowest BCUT2D eigenvalue weighted by molar-refractivity contribution is -0.126. The molecule has 2 atom stereocenters. The Kier molecular flexibility index (Phi) is 6.35. The molecule has 2 N–H and O–H groups in total. The maximum Gasteiger partial charge on any atom is 0.321 e. The van der Waals surface area contributed by atoms with E-state index < -0.39 is 0 Å². The second-order valence-electron chi connectivity index (χ2n) is 6.87. The first-order chi connectivity index (χ1) is 13.0. The number of likely N-dealkylation sites (tertiary alicyclic amines) is 1. The fraction of sp³-hybridized carbons (Fsp3) is 0.333. The van der Waals surface area contributed by atoms with Crippen LogP contribution in [0.3, 0.4) is 0 Å². The fourth-order valence-electron chi connectivity index (χ4n) is 3.29. The lowest BCUT2D eigenvalue weighted by Gasteiger charge is -2.32. The minimum Gasteiger partial charge on any atom is -0.349 e. The van der Waals surface area contributed by atoms with Crippen molar-refractivity contribution in [2.24, 2.45) is 5.92 Å². The molecule has 3 rings (SSSR count). The van der Waals surface area contributed by atoms with E-state index in [1.165, 1.54) is 0 Å². The Bertz CT molecular complexity index is 797. The van der Waals surface area contributed by atoms with Gasteiger partial charge in [0.05, 0.1) is 12.0 Å². The Hall–Kier alpha value is -2.53. The van der Waals surface area contributed by atoms with Crippen LogP contribution in [-0.4, -0.2) is 29.9 Å². The van der Waals surface area contributed by atoms with Gasteiger partial charge in [0, 0.05) is 23.8 Å². The zero-order chi connectivity index (χ0) is 19.2. The Balaban J connectivity index is 1.56. The molecule has 3 amide bonds. The van der Waals surface area contributed by atoms with Gasteiger partial charge in [0.25, 0.3) is 0 Å². The summed E-state index contributed by atoms with van der Waals surface area (Å²) in [4.78, 5) is 26.9. The Morgan fingerprint density at radius 2 is 1.93 bits per heavy atom. The number of para-hydroxylation sites is 1. The van der Waals surface area contributed by atoms with Crippen LogP contribution in [0.5, 0.6) is 0 Å². The maximum atomic E-state index is 12.7. The molecule has 5 nitrogen and oxygen atoms in total. The Morgan fingerprint density at radius 3 is 2.67 bits per heavy atom. The smallest absolute Gasteiger partial charge is 0.321 e. The summed E-state index contributed by atoms with van der Waals surface area (Å²) in [7, 11) is 0. The molecule has 1 saturated heterocycles. The van der Waals surface area contributed by atoms with Gasteiger partial charge in [-0.3, -0.25) is 4.79 Å². The number of halogens is 1. The first-order valence-corrected chi connectivity index (χ1v) is 9.57.